The molecule has 1 fully saturated rings. The second kappa shape index (κ2) is 12.1. The molecule has 3 aromatic heterocycles. The average Bonchev–Trinajstić information content (AvgIpc) is 3.32. The Balaban J connectivity index is 1.44. The van der Waals surface area contributed by atoms with Crippen LogP contribution in [0.15, 0.2) is 53.8 Å². The number of anilines is 1. The molecule has 1 aromatic carbocycles. The molecule has 0 radical (unpaired) electrons. The van der Waals surface area contributed by atoms with E-state index in [4.69, 9.17) is 16.3 Å². The van der Waals surface area contributed by atoms with Crippen molar-refractivity contribution in [3.63, 3.8) is 0 Å². The van der Waals surface area contributed by atoms with Gasteiger partial charge in [0.1, 0.15) is 5.60 Å². The Bertz CT molecular complexity index is 1760. The Hall–Kier alpha value is -3.77. The van der Waals surface area contributed by atoms with Crippen molar-refractivity contribution >= 4 is 44.6 Å². The first-order valence-corrected chi connectivity index (χ1v) is 15.9. The fraction of sp³-hybridized carbons (Fsp3) is 0.400. The van der Waals surface area contributed by atoms with Crippen LogP contribution in [-0.2, 0) is 14.8 Å². The van der Waals surface area contributed by atoms with Crippen LogP contribution in [0.4, 0.5) is 15.0 Å². The van der Waals surface area contributed by atoms with Gasteiger partial charge in [-0.1, -0.05) is 42.1 Å². The van der Waals surface area contributed by atoms with Gasteiger partial charge < -0.3 is 15.4 Å². The number of nitrogens with zero attached hydrogens (tertiary/aromatic N) is 4. The van der Waals surface area contributed by atoms with Crippen LogP contribution in [0.5, 0.6) is 0 Å². The second-order valence-electron chi connectivity index (χ2n) is 11.7. The molecule has 0 spiro atoms. The summed E-state index contributed by atoms with van der Waals surface area (Å²) in [6.07, 6.45) is 6.87. The van der Waals surface area contributed by atoms with Crippen molar-refractivity contribution in [1.82, 2.24) is 24.2 Å². The van der Waals surface area contributed by atoms with Crippen molar-refractivity contribution < 1.29 is 22.3 Å². The van der Waals surface area contributed by atoms with E-state index in [1.165, 1.54) is 24.5 Å². The van der Waals surface area contributed by atoms with Crippen molar-refractivity contribution in [1.29, 1.82) is 0 Å². The Kier molecular flexibility index (Phi) is 8.62. The number of pyridine rings is 1. The van der Waals surface area contributed by atoms with E-state index in [-0.39, 0.29) is 34.1 Å². The van der Waals surface area contributed by atoms with Crippen LogP contribution in [-0.4, -0.2) is 51.6 Å². The van der Waals surface area contributed by atoms with Crippen molar-refractivity contribution in [2.75, 3.05) is 11.9 Å². The normalized spacial score (nSPS) is 17.5. The lowest BCUT2D eigenvalue weighted by atomic mass is 9.84. The molecule has 10 nitrogen and oxygen atoms in total. The summed E-state index contributed by atoms with van der Waals surface area (Å²) in [6.45, 7) is 7.64. The minimum Gasteiger partial charge on any atom is -0.444 e. The van der Waals surface area contributed by atoms with Crippen LogP contribution in [0.1, 0.15) is 52.0 Å². The van der Waals surface area contributed by atoms with Gasteiger partial charge in [-0.05, 0) is 64.7 Å². The number of benzene rings is 1. The van der Waals surface area contributed by atoms with Crippen LogP contribution in [0.25, 0.3) is 22.4 Å². The van der Waals surface area contributed by atoms with Gasteiger partial charge >= 0.3 is 6.09 Å². The Morgan fingerprint density at radius 2 is 1.86 bits per heavy atom. The summed E-state index contributed by atoms with van der Waals surface area (Å²) in [5, 5.41) is 6.74. The summed E-state index contributed by atoms with van der Waals surface area (Å²) in [5.74, 6) is -0.584. The zero-order chi connectivity index (χ0) is 30.9. The monoisotopic (exact) mass is 628 g/mol. The maximum atomic E-state index is 14.9. The highest BCUT2D eigenvalue weighted by molar-refractivity contribution is 7.90. The molecule has 3 heterocycles. The number of carbonyl (C=O) groups is 1. The highest BCUT2D eigenvalue weighted by atomic mass is 35.5. The molecule has 0 bridgehead atoms. The van der Waals surface area contributed by atoms with E-state index in [2.05, 4.69) is 25.6 Å². The number of hydrogen-bond acceptors (Lipinski definition) is 8. The quantitative estimate of drug-likeness (QED) is 0.243. The lowest BCUT2D eigenvalue weighted by molar-refractivity contribution is 0.0472. The molecule has 13 heteroatoms. The van der Waals surface area contributed by atoms with Gasteiger partial charge in [-0.15, -0.1) is 0 Å². The summed E-state index contributed by atoms with van der Waals surface area (Å²) >= 11 is 6.24. The number of aromatic nitrogens is 4. The predicted octanol–water partition coefficient (Wildman–Crippen LogP) is 6.33. The van der Waals surface area contributed by atoms with E-state index in [1.54, 1.807) is 39.0 Å². The summed E-state index contributed by atoms with van der Waals surface area (Å²) in [6, 6.07) is 7.92. The first-order chi connectivity index (χ1) is 20.3. The summed E-state index contributed by atoms with van der Waals surface area (Å²) < 4.78 is 48.7. The van der Waals surface area contributed by atoms with E-state index in [1.807, 2.05) is 6.92 Å². The molecule has 1 aliphatic carbocycles. The molecule has 1 aliphatic rings. The zero-order valence-corrected chi connectivity index (χ0v) is 26.0. The number of ether oxygens (including phenoxy) is 1. The number of nitrogens with one attached hydrogen (secondary N) is 2. The summed E-state index contributed by atoms with van der Waals surface area (Å²) in [7, 11) is -4.03. The minimum absolute atomic E-state index is 0.0173. The van der Waals surface area contributed by atoms with Crippen molar-refractivity contribution in [3.05, 3.63) is 65.3 Å². The number of halogens is 2. The third-order valence-corrected chi connectivity index (χ3v) is 9.16. The highest BCUT2D eigenvalue weighted by Gasteiger charge is 2.29. The third-order valence-electron chi connectivity index (χ3n) is 7.28. The minimum atomic E-state index is -4.03. The van der Waals surface area contributed by atoms with E-state index in [9.17, 15) is 17.6 Å². The van der Waals surface area contributed by atoms with Crippen LogP contribution < -0.4 is 10.6 Å². The smallest absolute Gasteiger partial charge is 0.407 e. The van der Waals surface area contributed by atoms with Gasteiger partial charge in [0.25, 0.3) is 10.0 Å². The number of carbonyl (C=O) groups excluding carboxylic acids is 1. The first kappa shape index (κ1) is 30.7. The molecule has 5 rings (SSSR count). The van der Waals surface area contributed by atoms with E-state index in [0.717, 1.165) is 41.4 Å². The molecule has 1 amide bonds. The molecule has 2 N–H and O–H groups in total. The van der Waals surface area contributed by atoms with Crippen LogP contribution in [0.2, 0.25) is 5.02 Å². The molecule has 0 saturated heterocycles. The largest absolute Gasteiger partial charge is 0.444 e. The summed E-state index contributed by atoms with van der Waals surface area (Å²) in [4.78, 5) is 25.4. The third kappa shape index (κ3) is 6.91. The molecule has 228 valence electrons. The molecule has 2 atom stereocenters. The molecule has 43 heavy (non-hydrogen) atoms. The average molecular weight is 629 g/mol. The number of fused-ring (bicyclic) bond motifs is 1. The van der Waals surface area contributed by atoms with E-state index in [0.29, 0.717) is 22.5 Å². The number of hydrogen-bond donors (Lipinski definition) is 2. The molecule has 0 aliphatic heterocycles. The van der Waals surface area contributed by atoms with Gasteiger partial charge in [-0.3, -0.25) is 0 Å². The van der Waals surface area contributed by atoms with Crippen LogP contribution in [0.3, 0.4) is 0 Å². The second-order valence-corrected chi connectivity index (χ2v) is 14.0. The highest BCUT2D eigenvalue weighted by Crippen LogP contribution is 2.33. The molecule has 4 aromatic rings. The maximum absolute atomic E-state index is 14.9. The Morgan fingerprint density at radius 1 is 1.14 bits per heavy atom. The molecular weight excluding hydrogens is 595 g/mol. The maximum Gasteiger partial charge on any atom is 0.407 e. The predicted molar refractivity (Wildman–Crippen MR) is 163 cm³/mol. The van der Waals surface area contributed by atoms with E-state index < -0.39 is 27.5 Å². The number of alkyl carbamates (subject to hydrolysis) is 1. The zero-order valence-electron chi connectivity index (χ0n) is 24.4. The molecule has 1 unspecified atom stereocenters. The fourth-order valence-electron chi connectivity index (χ4n) is 5.19. The SMILES string of the molecule is Cc1ccc(S(=O)(=O)n2cc(-c3ncc(F)c(NCC4CCCC[C@H]4NC(=O)OC(C)(C)C)n3)c3cc(Cl)cnc32)cc1. The molecule has 1 saturated carbocycles. The van der Waals surface area contributed by atoms with Crippen molar-refractivity contribution in [2.45, 2.75) is 69.9 Å². The van der Waals surface area contributed by atoms with Gasteiger partial charge in [-0.2, -0.15) is 0 Å². The van der Waals surface area contributed by atoms with Gasteiger partial charge in [0.05, 0.1) is 16.1 Å². The lowest BCUT2D eigenvalue weighted by Crippen LogP contribution is -2.46. The number of rotatable bonds is 7. The van der Waals surface area contributed by atoms with Gasteiger partial charge in [0.2, 0.25) is 0 Å². The molecular formula is C30H34ClFN6O4S. The number of amides is 1. The van der Waals surface area contributed by atoms with Gasteiger partial charge in [0.15, 0.2) is 23.1 Å². The standard InChI is InChI=1S/C30H34ClFN6O4S/c1-18-9-11-21(12-10-18)43(40,41)38-17-23(22-13-20(31)15-35-28(22)38)26-34-16-24(32)27(37-26)33-14-19-7-5-6-8-25(19)36-29(39)42-30(2,3)4/h9-13,15-17,19,25H,5-8,14H2,1-4H3,(H,36,39)(H,33,34,37)/t19?,25-/m1/s1. The topological polar surface area (TPSA) is 128 Å². The first-order valence-electron chi connectivity index (χ1n) is 14.1. The van der Waals surface area contributed by atoms with Crippen molar-refractivity contribution in [3.8, 4) is 11.4 Å². The lowest BCUT2D eigenvalue weighted by Gasteiger charge is -2.33. The fourth-order valence-corrected chi connectivity index (χ4v) is 6.67. The van der Waals surface area contributed by atoms with Crippen molar-refractivity contribution in [2.24, 2.45) is 5.92 Å². The van der Waals surface area contributed by atoms with Crippen LogP contribution >= 0.6 is 11.6 Å². The van der Waals surface area contributed by atoms with Crippen LogP contribution in [0, 0.1) is 18.7 Å². The van der Waals surface area contributed by atoms with Gasteiger partial charge in [0, 0.05) is 35.9 Å². The Labute approximate surface area is 255 Å². The Morgan fingerprint density at radius 3 is 2.58 bits per heavy atom. The summed E-state index contributed by atoms with van der Waals surface area (Å²) in [5.41, 5.74) is 0.767. The number of aryl methyl sites for hydroxylation is 1. The van der Waals surface area contributed by atoms with E-state index >= 15 is 0 Å². The van der Waals surface area contributed by atoms with Gasteiger partial charge in [-0.25, -0.2) is 36.5 Å².